The standard InChI is InChI=1S/C12H18/c1-10-6-5-7-11(2)12(10)8-3-4-9-12/h3,6,8,11H,4-5,7,9H2,1-2H3/t11-,12-/m1/s1. The van der Waals surface area contributed by atoms with Crippen LogP contribution in [0.1, 0.15) is 39.5 Å². The summed E-state index contributed by atoms with van der Waals surface area (Å²) < 4.78 is 0. The van der Waals surface area contributed by atoms with Gasteiger partial charge in [0.25, 0.3) is 0 Å². The van der Waals surface area contributed by atoms with Gasteiger partial charge in [-0.2, -0.15) is 0 Å². The second-order valence-electron chi connectivity index (χ2n) is 4.35. The first-order valence-electron chi connectivity index (χ1n) is 5.11. The monoisotopic (exact) mass is 162 g/mol. The largest absolute Gasteiger partial charge is 0.0876 e. The van der Waals surface area contributed by atoms with Gasteiger partial charge in [0.2, 0.25) is 0 Å². The van der Waals surface area contributed by atoms with Crippen LogP contribution in [0.2, 0.25) is 0 Å². The summed E-state index contributed by atoms with van der Waals surface area (Å²) >= 11 is 0. The Morgan fingerprint density at radius 2 is 2.25 bits per heavy atom. The van der Waals surface area contributed by atoms with Crippen LogP contribution in [0.4, 0.5) is 0 Å². The number of hydrogen-bond donors (Lipinski definition) is 0. The number of rotatable bonds is 0. The maximum absolute atomic E-state index is 2.46. The zero-order valence-electron chi connectivity index (χ0n) is 8.14. The topological polar surface area (TPSA) is 0 Å². The third-order valence-electron chi connectivity index (χ3n) is 3.80. The summed E-state index contributed by atoms with van der Waals surface area (Å²) in [5.41, 5.74) is 2.09. The molecule has 0 aromatic carbocycles. The van der Waals surface area contributed by atoms with Gasteiger partial charge in [-0.05, 0) is 38.5 Å². The zero-order chi connectivity index (χ0) is 8.60. The van der Waals surface area contributed by atoms with E-state index in [4.69, 9.17) is 0 Å². The van der Waals surface area contributed by atoms with E-state index in [1.807, 2.05) is 0 Å². The predicted molar refractivity (Wildman–Crippen MR) is 53.0 cm³/mol. The Hall–Kier alpha value is -0.520. The maximum Gasteiger partial charge on any atom is 0.0117 e. The highest BCUT2D eigenvalue weighted by atomic mass is 14.4. The third-order valence-corrected chi connectivity index (χ3v) is 3.80. The molecule has 0 unspecified atom stereocenters. The molecule has 66 valence electrons. The number of allylic oxidation sites excluding steroid dienone is 4. The van der Waals surface area contributed by atoms with E-state index < -0.39 is 0 Å². The molecule has 0 saturated carbocycles. The first-order chi connectivity index (χ1) is 5.76. The Bertz CT molecular complexity index is 234. The quantitative estimate of drug-likeness (QED) is 0.476. The fourth-order valence-corrected chi connectivity index (χ4v) is 2.82. The van der Waals surface area contributed by atoms with Crippen LogP contribution in [0.3, 0.4) is 0 Å². The smallest absolute Gasteiger partial charge is 0.0117 e. The van der Waals surface area contributed by atoms with E-state index in [2.05, 4.69) is 32.1 Å². The fourth-order valence-electron chi connectivity index (χ4n) is 2.82. The van der Waals surface area contributed by atoms with E-state index in [0.717, 1.165) is 5.92 Å². The molecule has 0 saturated heterocycles. The average Bonchev–Trinajstić information content (AvgIpc) is 2.50. The van der Waals surface area contributed by atoms with Crippen LogP contribution < -0.4 is 0 Å². The lowest BCUT2D eigenvalue weighted by molar-refractivity contribution is 0.265. The Kier molecular flexibility index (Phi) is 1.86. The van der Waals surface area contributed by atoms with Crippen LogP contribution in [0.15, 0.2) is 23.8 Å². The Balaban J connectivity index is 2.36. The third kappa shape index (κ3) is 0.972. The van der Waals surface area contributed by atoms with E-state index in [9.17, 15) is 0 Å². The highest BCUT2D eigenvalue weighted by Crippen LogP contribution is 2.49. The van der Waals surface area contributed by atoms with Gasteiger partial charge in [-0.25, -0.2) is 0 Å². The molecule has 0 N–H and O–H groups in total. The maximum atomic E-state index is 2.46. The highest BCUT2D eigenvalue weighted by Gasteiger charge is 2.38. The molecule has 0 bridgehead atoms. The normalized spacial score (nSPS) is 40.5. The minimum absolute atomic E-state index is 0.470. The summed E-state index contributed by atoms with van der Waals surface area (Å²) in [7, 11) is 0. The molecular formula is C12H18. The van der Waals surface area contributed by atoms with Crippen molar-refractivity contribution in [1.29, 1.82) is 0 Å². The van der Waals surface area contributed by atoms with Crippen molar-refractivity contribution in [1.82, 2.24) is 0 Å². The van der Waals surface area contributed by atoms with Crippen molar-refractivity contribution < 1.29 is 0 Å². The van der Waals surface area contributed by atoms with Crippen LogP contribution in [-0.2, 0) is 0 Å². The summed E-state index contributed by atoms with van der Waals surface area (Å²) in [4.78, 5) is 0. The average molecular weight is 162 g/mol. The van der Waals surface area contributed by atoms with Gasteiger partial charge in [0.1, 0.15) is 0 Å². The van der Waals surface area contributed by atoms with Crippen molar-refractivity contribution in [2.24, 2.45) is 11.3 Å². The van der Waals surface area contributed by atoms with Crippen LogP contribution >= 0.6 is 0 Å². The van der Waals surface area contributed by atoms with Gasteiger partial charge in [0.15, 0.2) is 0 Å². The fraction of sp³-hybridized carbons (Fsp3) is 0.667. The van der Waals surface area contributed by atoms with E-state index in [1.165, 1.54) is 25.7 Å². The summed E-state index contributed by atoms with van der Waals surface area (Å²) in [6, 6.07) is 0. The van der Waals surface area contributed by atoms with E-state index in [0.29, 0.717) is 5.41 Å². The van der Waals surface area contributed by atoms with Crippen LogP contribution in [0.25, 0.3) is 0 Å². The summed E-state index contributed by atoms with van der Waals surface area (Å²) in [5.74, 6) is 0.862. The van der Waals surface area contributed by atoms with Gasteiger partial charge in [-0.1, -0.05) is 30.7 Å². The lowest BCUT2D eigenvalue weighted by Gasteiger charge is -2.38. The van der Waals surface area contributed by atoms with Gasteiger partial charge in [-0.15, -0.1) is 0 Å². The lowest BCUT2D eigenvalue weighted by atomic mass is 9.66. The Morgan fingerprint density at radius 1 is 1.42 bits per heavy atom. The minimum Gasteiger partial charge on any atom is -0.0876 e. The molecule has 0 amide bonds. The van der Waals surface area contributed by atoms with Crippen molar-refractivity contribution in [3.63, 3.8) is 0 Å². The molecule has 2 rings (SSSR count). The molecule has 0 heteroatoms. The SMILES string of the molecule is CC1=CCC[C@@H](C)[C@@]12C=CCC2. The molecule has 0 nitrogen and oxygen atoms in total. The summed E-state index contributed by atoms with van der Waals surface area (Å²) in [6.45, 7) is 4.72. The minimum atomic E-state index is 0.470. The molecule has 2 atom stereocenters. The van der Waals surface area contributed by atoms with Crippen molar-refractivity contribution in [3.8, 4) is 0 Å². The molecule has 1 spiro atoms. The van der Waals surface area contributed by atoms with Gasteiger partial charge in [-0.3, -0.25) is 0 Å². The van der Waals surface area contributed by atoms with Gasteiger partial charge >= 0.3 is 0 Å². The molecule has 0 fully saturated rings. The van der Waals surface area contributed by atoms with Crippen molar-refractivity contribution in [2.75, 3.05) is 0 Å². The van der Waals surface area contributed by atoms with E-state index >= 15 is 0 Å². The Labute approximate surface area is 75.4 Å². The van der Waals surface area contributed by atoms with Gasteiger partial charge in [0.05, 0.1) is 0 Å². The molecule has 12 heavy (non-hydrogen) atoms. The highest BCUT2D eigenvalue weighted by molar-refractivity contribution is 5.27. The van der Waals surface area contributed by atoms with E-state index in [-0.39, 0.29) is 0 Å². The second kappa shape index (κ2) is 2.76. The molecule has 0 aliphatic heterocycles. The van der Waals surface area contributed by atoms with Gasteiger partial charge in [0, 0.05) is 5.41 Å². The van der Waals surface area contributed by atoms with Crippen LogP contribution in [0, 0.1) is 11.3 Å². The summed E-state index contributed by atoms with van der Waals surface area (Å²) in [5, 5.41) is 0. The van der Waals surface area contributed by atoms with E-state index in [1.54, 1.807) is 5.57 Å². The van der Waals surface area contributed by atoms with Crippen molar-refractivity contribution in [3.05, 3.63) is 23.8 Å². The lowest BCUT2D eigenvalue weighted by Crippen LogP contribution is -2.28. The van der Waals surface area contributed by atoms with Crippen LogP contribution in [-0.4, -0.2) is 0 Å². The molecular weight excluding hydrogens is 144 g/mol. The van der Waals surface area contributed by atoms with Gasteiger partial charge < -0.3 is 0 Å². The zero-order valence-corrected chi connectivity index (χ0v) is 8.14. The molecule has 0 radical (unpaired) electrons. The molecule has 2 aliphatic carbocycles. The first-order valence-corrected chi connectivity index (χ1v) is 5.11. The summed E-state index contributed by atoms with van der Waals surface area (Å²) in [6.07, 6.45) is 12.6. The van der Waals surface area contributed by atoms with Crippen molar-refractivity contribution >= 4 is 0 Å². The molecule has 2 aliphatic rings. The van der Waals surface area contributed by atoms with Crippen LogP contribution in [0.5, 0.6) is 0 Å². The molecule has 0 heterocycles. The van der Waals surface area contributed by atoms with Crippen molar-refractivity contribution in [2.45, 2.75) is 39.5 Å². The molecule has 0 aromatic rings. The first kappa shape index (κ1) is 8.10. The Morgan fingerprint density at radius 3 is 2.83 bits per heavy atom. The number of hydrogen-bond acceptors (Lipinski definition) is 0. The molecule has 0 aromatic heterocycles. The second-order valence-corrected chi connectivity index (χ2v) is 4.35. The predicted octanol–water partition coefficient (Wildman–Crippen LogP) is 3.70.